The van der Waals surface area contributed by atoms with E-state index in [-0.39, 0.29) is 36.6 Å². The van der Waals surface area contributed by atoms with Crippen LogP contribution in [-0.4, -0.2) is 41.8 Å². The summed E-state index contributed by atoms with van der Waals surface area (Å²) in [5.41, 5.74) is 8.00. The minimum absolute atomic E-state index is 0. The van der Waals surface area contributed by atoms with Crippen molar-refractivity contribution in [3.8, 4) is 0 Å². The molecule has 146 valence electrons. The van der Waals surface area contributed by atoms with Gasteiger partial charge >= 0.3 is 0 Å². The first-order valence-electron chi connectivity index (χ1n) is 8.15. The summed E-state index contributed by atoms with van der Waals surface area (Å²) < 4.78 is 7.04. The van der Waals surface area contributed by atoms with Gasteiger partial charge in [-0.05, 0) is 11.5 Å². The lowest BCUT2D eigenvalue weighted by molar-refractivity contribution is -0.122. The summed E-state index contributed by atoms with van der Waals surface area (Å²) in [4.78, 5) is 16.4. The monoisotopic (exact) mass is 402 g/mol. The molecule has 3 N–H and O–H groups in total. The Morgan fingerprint density at radius 2 is 2.00 bits per heavy atom. The van der Waals surface area contributed by atoms with Crippen molar-refractivity contribution in [1.29, 1.82) is 0 Å². The Hall–Kier alpha value is -1.60. The lowest BCUT2D eigenvalue weighted by Gasteiger charge is -2.14. The number of imidazole rings is 1. The van der Waals surface area contributed by atoms with Crippen molar-refractivity contribution in [3.63, 3.8) is 0 Å². The molecule has 8 heteroatoms. The summed E-state index contributed by atoms with van der Waals surface area (Å²) in [7, 11) is 1.65. The van der Waals surface area contributed by atoms with E-state index in [1.807, 2.05) is 35.9 Å². The van der Waals surface area contributed by atoms with Crippen LogP contribution < -0.4 is 11.1 Å². The molecule has 0 aliphatic carbocycles. The molecule has 0 aliphatic heterocycles. The van der Waals surface area contributed by atoms with E-state index in [0.29, 0.717) is 19.6 Å². The summed E-state index contributed by atoms with van der Waals surface area (Å²) >= 11 is 0. The Morgan fingerprint density at radius 1 is 1.31 bits per heavy atom. The van der Waals surface area contributed by atoms with Crippen molar-refractivity contribution in [1.82, 2.24) is 14.9 Å². The third-order valence-electron chi connectivity index (χ3n) is 3.74. The number of benzene rings is 1. The van der Waals surface area contributed by atoms with Gasteiger partial charge in [-0.1, -0.05) is 37.3 Å². The third-order valence-corrected chi connectivity index (χ3v) is 3.74. The standard InChI is InChI=1S/C18H26N4O2.2ClH/c1-14(12-24-2)9-20-18(23)17(19)8-16-11-22(13-21-16)10-15-6-4-3-5-7-15;;/h3-7,11,13-14,17H,8-10,12,19H2,1-2H3,(H,20,23);2*1H/t14?,17-;;/m0../s1. The van der Waals surface area contributed by atoms with Crippen molar-refractivity contribution in [2.75, 3.05) is 20.3 Å². The highest BCUT2D eigenvalue weighted by atomic mass is 35.5. The number of hydrogen-bond donors (Lipinski definition) is 2. The van der Waals surface area contributed by atoms with Crippen molar-refractivity contribution in [2.24, 2.45) is 11.7 Å². The molecule has 1 unspecified atom stereocenters. The fraction of sp³-hybridized carbons (Fsp3) is 0.444. The minimum atomic E-state index is -0.597. The molecule has 0 saturated heterocycles. The SMILES string of the molecule is COCC(C)CNC(=O)[C@@H](N)Cc1cn(Cc2ccccc2)cn1.Cl.Cl. The zero-order valence-corrected chi connectivity index (χ0v) is 16.8. The van der Waals surface area contributed by atoms with E-state index in [2.05, 4.69) is 22.4 Å². The van der Waals surface area contributed by atoms with E-state index in [9.17, 15) is 4.79 Å². The molecule has 26 heavy (non-hydrogen) atoms. The maximum absolute atomic E-state index is 12.0. The number of methoxy groups -OCH3 is 1. The molecule has 0 saturated carbocycles. The quantitative estimate of drug-likeness (QED) is 0.672. The second-order valence-electron chi connectivity index (χ2n) is 6.14. The van der Waals surface area contributed by atoms with Crippen LogP contribution in [0.2, 0.25) is 0 Å². The summed E-state index contributed by atoms with van der Waals surface area (Å²) in [6, 6.07) is 9.56. The van der Waals surface area contributed by atoms with Crippen LogP contribution in [0.4, 0.5) is 0 Å². The van der Waals surface area contributed by atoms with Gasteiger partial charge in [0.1, 0.15) is 0 Å². The molecule has 0 spiro atoms. The van der Waals surface area contributed by atoms with Gasteiger partial charge in [0.25, 0.3) is 0 Å². The van der Waals surface area contributed by atoms with Crippen LogP contribution >= 0.6 is 24.8 Å². The molecule has 0 fully saturated rings. The zero-order valence-electron chi connectivity index (χ0n) is 15.1. The number of nitrogens with zero attached hydrogens (tertiary/aromatic N) is 2. The predicted octanol–water partition coefficient (Wildman–Crippen LogP) is 2.04. The van der Waals surface area contributed by atoms with Gasteiger partial charge in [0.2, 0.25) is 5.91 Å². The van der Waals surface area contributed by atoms with E-state index >= 15 is 0 Å². The van der Waals surface area contributed by atoms with Gasteiger partial charge in [-0.3, -0.25) is 4.79 Å². The first-order chi connectivity index (χ1) is 11.6. The van der Waals surface area contributed by atoms with Crippen molar-refractivity contribution >= 4 is 30.7 Å². The molecular formula is C18H28Cl2N4O2. The van der Waals surface area contributed by atoms with E-state index < -0.39 is 6.04 Å². The van der Waals surface area contributed by atoms with Crippen molar-refractivity contribution in [3.05, 3.63) is 54.1 Å². The van der Waals surface area contributed by atoms with Crippen LogP contribution in [0.1, 0.15) is 18.2 Å². The number of carbonyl (C=O) groups excluding carboxylic acids is 1. The molecule has 0 radical (unpaired) electrons. The number of ether oxygens (including phenoxy) is 1. The van der Waals surface area contributed by atoms with Crippen LogP contribution in [-0.2, 0) is 22.5 Å². The summed E-state index contributed by atoms with van der Waals surface area (Å²) in [6.45, 7) is 3.94. The number of rotatable bonds is 9. The molecule has 2 rings (SSSR count). The molecule has 6 nitrogen and oxygen atoms in total. The second-order valence-corrected chi connectivity index (χ2v) is 6.14. The topological polar surface area (TPSA) is 82.2 Å². The van der Waals surface area contributed by atoms with E-state index in [0.717, 1.165) is 12.2 Å². The average Bonchev–Trinajstić information content (AvgIpc) is 3.00. The van der Waals surface area contributed by atoms with Gasteiger partial charge in [-0.25, -0.2) is 4.98 Å². The first kappa shape index (κ1) is 24.4. The highest BCUT2D eigenvalue weighted by Crippen LogP contribution is 2.05. The molecule has 1 aromatic carbocycles. The second kappa shape index (κ2) is 12.7. The molecule has 1 heterocycles. The smallest absolute Gasteiger partial charge is 0.237 e. The van der Waals surface area contributed by atoms with Gasteiger partial charge < -0.3 is 20.4 Å². The predicted molar refractivity (Wildman–Crippen MR) is 108 cm³/mol. The van der Waals surface area contributed by atoms with Crippen LogP contribution in [0.15, 0.2) is 42.9 Å². The number of hydrogen-bond acceptors (Lipinski definition) is 4. The fourth-order valence-corrected chi connectivity index (χ4v) is 2.46. The highest BCUT2D eigenvalue weighted by molar-refractivity contribution is 5.85. The number of aromatic nitrogens is 2. The van der Waals surface area contributed by atoms with Crippen LogP contribution in [0.25, 0.3) is 0 Å². The average molecular weight is 403 g/mol. The van der Waals surface area contributed by atoms with Crippen molar-refractivity contribution in [2.45, 2.75) is 25.9 Å². The van der Waals surface area contributed by atoms with E-state index in [1.54, 1.807) is 13.4 Å². The van der Waals surface area contributed by atoms with Crippen molar-refractivity contribution < 1.29 is 9.53 Å². The third kappa shape index (κ3) is 8.19. The van der Waals surface area contributed by atoms with Crippen LogP contribution in [0.5, 0.6) is 0 Å². The molecular weight excluding hydrogens is 375 g/mol. The Labute approximate surface area is 167 Å². The number of nitrogens with two attached hydrogens (primary N) is 1. The van der Waals surface area contributed by atoms with Gasteiger partial charge in [0.15, 0.2) is 0 Å². The highest BCUT2D eigenvalue weighted by Gasteiger charge is 2.16. The summed E-state index contributed by atoms with van der Waals surface area (Å²) in [6.07, 6.45) is 4.13. The lowest BCUT2D eigenvalue weighted by atomic mass is 10.1. The lowest BCUT2D eigenvalue weighted by Crippen LogP contribution is -2.43. The zero-order chi connectivity index (χ0) is 17.4. The van der Waals surface area contributed by atoms with Gasteiger partial charge in [-0.2, -0.15) is 0 Å². The molecule has 0 aliphatic rings. The molecule has 1 aromatic heterocycles. The molecule has 0 bridgehead atoms. The summed E-state index contributed by atoms with van der Waals surface area (Å²) in [5.74, 6) is 0.104. The molecule has 1 amide bonds. The van der Waals surface area contributed by atoms with E-state index in [4.69, 9.17) is 10.5 Å². The minimum Gasteiger partial charge on any atom is -0.384 e. The number of halogens is 2. The van der Waals surface area contributed by atoms with Gasteiger partial charge in [0, 0.05) is 32.8 Å². The normalized spacial score (nSPS) is 12.4. The Balaban J connectivity index is 0.00000312. The maximum Gasteiger partial charge on any atom is 0.237 e. The van der Waals surface area contributed by atoms with Gasteiger partial charge in [0.05, 0.1) is 24.7 Å². The maximum atomic E-state index is 12.0. The van der Waals surface area contributed by atoms with Crippen LogP contribution in [0.3, 0.4) is 0 Å². The van der Waals surface area contributed by atoms with Crippen LogP contribution in [0, 0.1) is 5.92 Å². The van der Waals surface area contributed by atoms with Gasteiger partial charge in [-0.15, -0.1) is 24.8 Å². The summed E-state index contributed by atoms with van der Waals surface area (Å²) in [5, 5.41) is 2.86. The number of nitrogens with one attached hydrogen (secondary N) is 1. The Kier molecular flexibility index (Phi) is 11.9. The van der Waals surface area contributed by atoms with E-state index in [1.165, 1.54) is 5.56 Å². The molecule has 2 aromatic rings. The fourth-order valence-electron chi connectivity index (χ4n) is 2.46. The largest absolute Gasteiger partial charge is 0.384 e. The first-order valence-corrected chi connectivity index (χ1v) is 8.15. The number of amides is 1. The Morgan fingerprint density at radius 3 is 2.65 bits per heavy atom. The molecule has 2 atom stereocenters. The number of carbonyl (C=O) groups is 1. The Bertz CT molecular complexity index is 637.